The van der Waals surface area contributed by atoms with Crippen LogP contribution in [0.1, 0.15) is 95.1 Å². The maximum absolute atomic E-state index is 15.1. The minimum atomic E-state index is -1.44. The van der Waals surface area contributed by atoms with Crippen molar-refractivity contribution in [2.24, 2.45) is 5.92 Å². The molecule has 1 aliphatic rings. The largest absolute Gasteiger partial charge is 0.478 e. The second-order valence-electron chi connectivity index (χ2n) is 11.6. The predicted molar refractivity (Wildman–Crippen MR) is 179 cm³/mol. The summed E-state index contributed by atoms with van der Waals surface area (Å²) in [5, 5.41) is 25.0. The molecule has 1 saturated heterocycles. The van der Waals surface area contributed by atoms with Crippen molar-refractivity contribution < 1.29 is 28.9 Å². The quantitative estimate of drug-likeness (QED) is 0.150. The molecule has 0 radical (unpaired) electrons. The van der Waals surface area contributed by atoms with E-state index in [-0.39, 0.29) is 23.5 Å². The van der Waals surface area contributed by atoms with Gasteiger partial charge in [-0.3, -0.25) is 4.79 Å². The first-order chi connectivity index (χ1) is 22.0. The van der Waals surface area contributed by atoms with Gasteiger partial charge in [0.05, 0.1) is 16.7 Å². The maximum Gasteiger partial charge on any atom is 0.336 e. The molecule has 1 aliphatic heterocycles. The van der Waals surface area contributed by atoms with E-state index in [1.54, 1.807) is 6.92 Å². The molecular weight excluding hydrogens is 605 g/mol. The summed E-state index contributed by atoms with van der Waals surface area (Å²) in [4.78, 5) is 24.7. The third-order valence-electron chi connectivity index (χ3n) is 8.69. The Balaban J connectivity index is 0.000000240. The minimum absolute atomic E-state index is 0.124. The van der Waals surface area contributed by atoms with Gasteiger partial charge in [-0.05, 0) is 92.1 Å². The van der Waals surface area contributed by atoms with Crippen LogP contribution in [0.4, 0.5) is 4.39 Å². The number of ketones is 1. The normalized spacial score (nSPS) is 16.0. The number of hydrogen-bond acceptors (Lipinski definition) is 5. The Morgan fingerprint density at radius 2 is 1.43 bits per heavy atom. The van der Waals surface area contributed by atoms with Gasteiger partial charge in [0.15, 0.2) is 5.78 Å². The van der Waals surface area contributed by atoms with Gasteiger partial charge in [-0.25, -0.2) is 9.18 Å². The number of hydrogen-bond donors (Lipinski definition) is 3. The zero-order chi connectivity index (χ0) is 33.3. The fourth-order valence-electron chi connectivity index (χ4n) is 5.96. The van der Waals surface area contributed by atoms with Crippen LogP contribution in [0, 0.1) is 11.7 Å². The smallest absolute Gasteiger partial charge is 0.336 e. The van der Waals surface area contributed by atoms with E-state index in [2.05, 4.69) is 79.8 Å². The van der Waals surface area contributed by atoms with E-state index >= 15 is 4.39 Å². The number of rotatable bonds is 10. The van der Waals surface area contributed by atoms with E-state index in [0.29, 0.717) is 43.2 Å². The summed E-state index contributed by atoms with van der Waals surface area (Å²) in [5.41, 5.74) is 0.531. The maximum atomic E-state index is 15.1. The standard InChI is InChI=1S/C22H22ClFO5.C16H19N/c1-2-22(28,14-7-9-29-10-8-14)15-11-17(21(26)27)19(18(24)12-15)20(25)13-3-5-16(23)6-4-13;1-13(15-9-5-3-6-10-15)17-14(2)16-11-7-4-8-12-16/h3-6,11-12,14,28H,2,7-10H2,1H3,(H,26,27);3-14,17H,1-2H3/t22-;13-,14-/m00/s1. The average molecular weight is 646 g/mol. The zero-order valence-electron chi connectivity index (χ0n) is 26.4. The van der Waals surface area contributed by atoms with Crippen molar-refractivity contribution in [3.8, 4) is 0 Å². The van der Waals surface area contributed by atoms with Crippen LogP contribution in [0.2, 0.25) is 5.02 Å². The fraction of sp³-hybridized carbons (Fsp3) is 0.316. The molecule has 0 aliphatic carbocycles. The van der Waals surface area contributed by atoms with Gasteiger partial charge in [-0.15, -0.1) is 0 Å². The molecule has 4 aromatic rings. The molecule has 1 fully saturated rings. The molecule has 0 bridgehead atoms. The molecule has 1 heterocycles. The van der Waals surface area contributed by atoms with Crippen LogP contribution in [-0.4, -0.2) is 35.2 Å². The van der Waals surface area contributed by atoms with Crippen molar-refractivity contribution >= 4 is 23.4 Å². The number of carboxylic acid groups (broad SMARTS) is 1. The SMILES string of the molecule is CC[C@@](O)(c1cc(F)c(C(=O)c2ccc(Cl)cc2)c(C(=O)O)c1)C1CCOCC1.C[C@H](N[C@@H](C)c1ccccc1)c1ccccc1. The first-order valence-corrected chi connectivity index (χ1v) is 16.0. The molecule has 3 N–H and O–H groups in total. The van der Waals surface area contributed by atoms with Crippen molar-refractivity contribution in [2.75, 3.05) is 13.2 Å². The van der Waals surface area contributed by atoms with Crippen LogP contribution in [-0.2, 0) is 10.3 Å². The minimum Gasteiger partial charge on any atom is -0.478 e. The molecule has 6 nitrogen and oxygen atoms in total. The topological polar surface area (TPSA) is 95.9 Å². The van der Waals surface area contributed by atoms with Crippen molar-refractivity contribution in [1.82, 2.24) is 5.32 Å². The van der Waals surface area contributed by atoms with Crippen LogP contribution in [0.3, 0.4) is 0 Å². The number of halogens is 2. The van der Waals surface area contributed by atoms with Crippen molar-refractivity contribution in [3.05, 3.63) is 141 Å². The second kappa shape index (κ2) is 16.1. The van der Waals surface area contributed by atoms with Crippen LogP contribution in [0.5, 0.6) is 0 Å². The monoisotopic (exact) mass is 645 g/mol. The third-order valence-corrected chi connectivity index (χ3v) is 8.94. The number of nitrogens with one attached hydrogen (secondary N) is 1. The molecule has 5 rings (SSSR count). The molecule has 242 valence electrons. The first kappa shape index (κ1) is 35.0. The number of carbonyl (C=O) groups is 2. The van der Waals surface area contributed by atoms with Crippen LogP contribution in [0.25, 0.3) is 0 Å². The summed E-state index contributed by atoms with van der Waals surface area (Å²) in [6.07, 6.45) is 1.44. The van der Waals surface area contributed by atoms with Crippen molar-refractivity contribution in [2.45, 2.75) is 57.7 Å². The van der Waals surface area contributed by atoms with Crippen LogP contribution < -0.4 is 5.32 Å². The fourth-order valence-corrected chi connectivity index (χ4v) is 6.08. The molecule has 3 atom stereocenters. The molecule has 0 amide bonds. The Kier molecular flexibility index (Phi) is 12.2. The summed E-state index contributed by atoms with van der Waals surface area (Å²) in [7, 11) is 0. The van der Waals surface area contributed by atoms with Gasteiger partial charge in [0.2, 0.25) is 0 Å². The average Bonchev–Trinajstić information content (AvgIpc) is 3.09. The van der Waals surface area contributed by atoms with Gasteiger partial charge >= 0.3 is 5.97 Å². The lowest BCUT2D eigenvalue weighted by Gasteiger charge is -2.38. The molecule has 4 aromatic carbocycles. The predicted octanol–water partition coefficient (Wildman–Crippen LogP) is 8.53. The Morgan fingerprint density at radius 3 is 1.91 bits per heavy atom. The number of aromatic carboxylic acids is 1. The van der Waals surface area contributed by atoms with E-state index in [4.69, 9.17) is 16.3 Å². The lowest BCUT2D eigenvalue weighted by molar-refractivity contribution is -0.0732. The first-order valence-electron chi connectivity index (χ1n) is 15.6. The highest BCUT2D eigenvalue weighted by Gasteiger charge is 2.39. The number of carbonyl (C=O) groups excluding carboxylic acids is 1. The van der Waals surface area contributed by atoms with Crippen molar-refractivity contribution in [3.63, 3.8) is 0 Å². The third kappa shape index (κ3) is 8.47. The van der Waals surface area contributed by atoms with Gasteiger partial charge in [-0.2, -0.15) is 0 Å². The van der Waals surface area contributed by atoms with Gasteiger partial charge in [-0.1, -0.05) is 79.2 Å². The van der Waals surface area contributed by atoms with E-state index in [0.717, 1.165) is 6.07 Å². The number of benzene rings is 4. The molecular formula is C38H41ClFNO5. The molecule has 46 heavy (non-hydrogen) atoms. The number of aliphatic hydroxyl groups is 1. The molecule has 8 heteroatoms. The van der Waals surface area contributed by atoms with Gasteiger partial charge in [0.25, 0.3) is 0 Å². The van der Waals surface area contributed by atoms with Gasteiger partial charge in [0.1, 0.15) is 5.82 Å². The summed E-state index contributed by atoms with van der Waals surface area (Å²) in [5.74, 6) is -3.36. The zero-order valence-corrected chi connectivity index (χ0v) is 27.1. The lowest BCUT2D eigenvalue weighted by atomic mass is 9.74. The number of carboxylic acids is 1. The highest BCUT2D eigenvalue weighted by Crippen LogP contribution is 2.40. The summed E-state index contributed by atoms with van der Waals surface area (Å²) >= 11 is 5.82. The summed E-state index contributed by atoms with van der Waals surface area (Å²) in [6, 6.07) is 29.9. The van der Waals surface area contributed by atoms with Crippen LogP contribution in [0.15, 0.2) is 97.1 Å². The van der Waals surface area contributed by atoms with Crippen LogP contribution >= 0.6 is 11.6 Å². The Labute approximate surface area is 275 Å². The van der Waals surface area contributed by atoms with Gasteiger partial charge < -0.3 is 20.3 Å². The van der Waals surface area contributed by atoms with E-state index in [1.807, 2.05) is 0 Å². The Bertz CT molecular complexity index is 1550. The van der Waals surface area contributed by atoms with E-state index in [9.17, 15) is 19.8 Å². The molecule has 0 saturated carbocycles. The van der Waals surface area contributed by atoms with E-state index < -0.39 is 34.3 Å². The highest BCUT2D eigenvalue weighted by atomic mass is 35.5. The van der Waals surface area contributed by atoms with Gasteiger partial charge in [0, 0.05) is 35.9 Å². The molecule has 0 aromatic heterocycles. The summed E-state index contributed by atoms with van der Waals surface area (Å²) in [6.45, 7) is 7.13. The Morgan fingerprint density at radius 1 is 0.913 bits per heavy atom. The van der Waals surface area contributed by atoms with E-state index in [1.165, 1.54) is 41.5 Å². The summed E-state index contributed by atoms with van der Waals surface area (Å²) < 4.78 is 20.4. The molecule has 0 unspecified atom stereocenters. The Hall–Kier alpha value is -3.88. The van der Waals surface area contributed by atoms with Crippen molar-refractivity contribution in [1.29, 1.82) is 0 Å². The molecule has 0 spiro atoms. The highest BCUT2D eigenvalue weighted by molar-refractivity contribution is 6.30. The second-order valence-corrected chi connectivity index (χ2v) is 12.1. The number of ether oxygens (including phenoxy) is 1. The lowest BCUT2D eigenvalue weighted by Crippen LogP contribution is -2.38.